The Morgan fingerprint density at radius 2 is 2.32 bits per heavy atom. The number of aromatic nitrogens is 3. The minimum absolute atomic E-state index is 0.218. The van der Waals surface area contributed by atoms with Gasteiger partial charge in [0.2, 0.25) is 5.91 Å². The molecule has 3 aromatic rings. The predicted molar refractivity (Wildman–Crippen MR) is 99.8 cm³/mol. The highest BCUT2D eigenvalue weighted by molar-refractivity contribution is 7.08. The number of imidazole rings is 1. The van der Waals surface area contributed by atoms with Crippen molar-refractivity contribution in [2.75, 3.05) is 13.1 Å². The highest BCUT2D eigenvalue weighted by atomic mass is 32.1. The molecule has 0 saturated carbocycles. The lowest BCUT2D eigenvalue weighted by molar-refractivity contribution is -0.129. The van der Waals surface area contributed by atoms with Gasteiger partial charge in [0, 0.05) is 25.7 Å². The van der Waals surface area contributed by atoms with Gasteiger partial charge in [0.1, 0.15) is 11.3 Å². The molecule has 1 aliphatic heterocycles. The Morgan fingerprint density at radius 3 is 3.12 bits per heavy atom. The first-order chi connectivity index (χ1) is 12.3. The Kier molecular flexibility index (Phi) is 4.53. The molecule has 0 bridgehead atoms. The second-order valence-electron chi connectivity index (χ2n) is 6.58. The van der Waals surface area contributed by atoms with Crippen molar-refractivity contribution in [2.24, 2.45) is 0 Å². The fourth-order valence-electron chi connectivity index (χ4n) is 3.62. The van der Waals surface area contributed by atoms with Crippen LogP contribution in [0.3, 0.4) is 0 Å². The van der Waals surface area contributed by atoms with Gasteiger partial charge < -0.3 is 9.47 Å². The second kappa shape index (κ2) is 6.96. The van der Waals surface area contributed by atoms with E-state index in [9.17, 15) is 4.79 Å². The fourth-order valence-corrected chi connectivity index (χ4v) is 4.29. The van der Waals surface area contributed by atoms with Crippen molar-refractivity contribution in [1.29, 1.82) is 0 Å². The number of hydrogen-bond donors (Lipinski definition) is 0. The van der Waals surface area contributed by atoms with Crippen LogP contribution in [0.25, 0.3) is 11.2 Å². The number of aryl methyl sites for hydroxylation is 1. The van der Waals surface area contributed by atoms with Crippen LogP contribution in [0.2, 0.25) is 0 Å². The minimum atomic E-state index is 0.218. The molecule has 0 aromatic carbocycles. The van der Waals surface area contributed by atoms with E-state index in [2.05, 4.69) is 21.9 Å². The monoisotopic (exact) mass is 354 g/mol. The molecule has 4 heterocycles. The summed E-state index contributed by atoms with van der Waals surface area (Å²) < 4.78 is 2.27. The van der Waals surface area contributed by atoms with Crippen molar-refractivity contribution in [3.05, 3.63) is 46.5 Å². The van der Waals surface area contributed by atoms with Crippen LogP contribution in [0.4, 0.5) is 0 Å². The number of pyridine rings is 1. The van der Waals surface area contributed by atoms with E-state index in [1.54, 1.807) is 11.3 Å². The topological polar surface area (TPSA) is 51.0 Å². The van der Waals surface area contributed by atoms with Crippen LogP contribution in [-0.4, -0.2) is 38.4 Å². The summed E-state index contributed by atoms with van der Waals surface area (Å²) in [6.45, 7) is 3.73. The summed E-state index contributed by atoms with van der Waals surface area (Å²) in [7, 11) is 0. The molecule has 1 amide bonds. The summed E-state index contributed by atoms with van der Waals surface area (Å²) in [4.78, 5) is 23.9. The van der Waals surface area contributed by atoms with Gasteiger partial charge in [-0.3, -0.25) is 4.79 Å². The maximum absolute atomic E-state index is 12.6. The average Bonchev–Trinajstić information content (AvgIpc) is 3.33. The van der Waals surface area contributed by atoms with Gasteiger partial charge in [-0.05, 0) is 47.4 Å². The predicted octanol–water partition coefficient (Wildman–Crippen LogP) is 3.46. The number of rotatable bonds is 5. The summed E-state index contributed by atoms with van der Waals surface area (Å²) in [6.07, 6.45) is 5.28. The molecule has 25 heavy (non-hydrogen) atoms. The molecule has 1 aliphatic rings. The molecule has 130 valence electrons. The van der Waals surface area contributed by atoms with Crippen LogP contribution in [0, 0.1) is 0 Å². The number of nitrogens with zero attached hydrogens (tertiary/aromatic N) is 4. The third kappa shape index (κ3) is 3.18. The number of thiophene rings is 1. The van der Waals surface area contributed by atoms with Crippen LogP contribution >= 0.6 is 11.3 Å². The minimum Gasteiger partial charge on any atom is -0.340 e. The number of carbonyl (C=O) groups is 1. The van der Waals surface area contributed by atoms with E-state index in [0.717, 1.165) is 54.9 Å². The smallest absolute Gasteiger partial charge is 0.227 e. The number of likely N-dealkylation sites (tertiary alicyclic amines) is 1. The SMILES string of the molecule is CCCc1nc2cccnc2n1[C@H]1CCN(C(=O)Cc2ccsc2)C1. The third-order valence-electron chi connectivity index (χ3n) is 4.81. The van der Waals surface area contributed by atoms with Crippen molar-refractivity contribution in [2.45, 2.75) is 38.6 Å². The lowest BCUT2D eigenvalue weighted by Crippen LogP contribution is -2.30. The van der Waals surface area contributed by atoms with Crippen molar-refractivity contribution in [1.82, 2.24) is 19.4 Å². The van der Waals surface area contributed by atoms with E-state index in [0.29, 0.717) is 6.42 Å². The molecule has 0 unspecified atom stereocenters. The van der Waals surface area contributed by atoms with E-state index in [1.165, 1.54) is 0 Å². The Hall–Kier alpha value is -2.21. The van der Waals surface area contributed by atoms with Crippen molar-refractivity contribution >= 4 is 28.4 Å². The quantitative estimate of drug-likeness (QED) is 0.705. The van der Waals surface area contributed by atoms with E-state index in [-0.39, 0.29) is 11.9 Å². The summed E-state index contributed by atoms with van der Waals surface area (Å²) in [5, 5.41) is 4.08. The largest absolute Gasteiger partial charge is 0.340 e. The van der Waals surface area contributed by atoms with Gasteiger partial charge >= 0.3 is 0 Å². The van der Waals surface area contributed by atoms with Gasteiger partial charge in [-0.2, -0.15) is 11.3 Å². The van der Waals surface area contributed by atoms with Gasteiger partial charge in [0.05, 0.1) is 12.5 Å². The van der Waals surface area contributed by atoms with Gasteiger partial charge in [0.25, 0.3) is 0 Å². The van der Waals surface area contributed by atoms with Crippen molar-refractivity contribution in [3.8, 4) is 0 Å². The number of carbonyl (C=O) groups excluding carboxylic acids is 1. The molecule has 0 spiro atoms. The Balaban J connectivity index is 1.56. The summed E-state index contributed by atoms with van der Waals surface area (Å²) in [5.74, 6) is 1.31. The zero-order valence-corrected chi connectivity index (χ0v) is 15.2. The fraction of sp³-hybridized carbons (Fsp3) is 0.421. The van der Waals surface area contributed by atoms with Gasteiger partial charge in [0.15, 0.2) is 5.65 Å². The molecule has 0 aliphatic carbocycles. The van der Waals surface area contributed by atoms with Crippen molar-refractivity contribution < 1.29 is 4.79 Å². The molecule has 0 radical (unpaired) electrons. The maximum atomic E-state index is 12.6. The summed E-state index contributed by atoms with van der Waals surface area (Å²) in [6, 6.07) is 6.25. The molecule has 1 fully saturated rings. The van der Waals surface area contributed by atoms with Crippen LogP contribution in [0.15, 0.2) is 35.2 Å². The summed E-state index contributed by atoms with van der Waals surface area (Å²) in [5.41, 5.74) is 3.01. The number of hydrogen-bond acceptors (Lipinski definition) is 4. The van der Waals surface area contributed by atoms with E-state index in [1.807, 2.05) is 34.7 Å². The molecule has 3 aromatic heterocycles. The molecule has 0 N–H and O–H groups in total. The maximum Gasteiger partial charge on any atom is 0.227 e. The molecule has 1 atom stereocenters. The highest BCUT2D eigenvalue weighted by Gasteiger charge is 2.30. The van der Waals surface area contributed by atoms with E-state index >= 15 is 0 Å². The molecular formula is C19H22N4OS. The van der Waals surface area contributed by atoms with Crippen molar-refractivity contribution in [3.63, 3.8) is 0 Å². The van der Waals surface area contributed by atoms with Gasteiger partial charge in [-0.15, -0.1) is 0 Å². The lowest BCUT2D eigenvalue weighted by Gasteiger charge is -2.18. The first-order valence-electron chi connectivity index (χ1n) is 8.87. The van der Waals surface area contributed by atoms with Crippen LogP contribution in [-0.2, 0) is 17.6 Å². The molecule has 1 saturated heterocycles. The number of amides is 1. The van der Waals surface area contributed by atoms with Gasteiger partial charge in [-0.25, -0.2) is 9.97 Å². The Morgan fingerprint density at radius 1 is 1.40 bits per heavy atom. The summed E-state index contributed by atoms with van der Waals surface area (Å²) >= 11 is 1.64. The second-order valence-corrected chi connectivity index (χ2v) is 7.36. The standard InChI is InChI=1S/C19H22N4OS/c1-2-4-17-21-16-5-3-8-20-19(16)23(17)15-6-9-22(12-15)18(24)11-14-7-10-25-13-14/h3,5,7-8,10,13,15H,2,4,6,9,11-12H2,1H3/t15-/m0/s1. The third-order valence-corrected chi connectivity index (χ3v) is 5.54. The van der Waals surface area contributed by atoms with E-state index < -0.39 is 0 Å². The first kappa shape index (κ1) is 16.3. The average molecular weight is 354 g/mol. The molecule has 5 nitrogen and oxygen atoms in total. The highest BCUT2D eigenvalue weighted by Crippen LogP contribution is 2.28. The van der Waals surface area contributed by atoms with Gasteiger partial charge in [-0.1, -0.05) is 6.92 Å². The zero-order valence-electron chi connectivity index (χ0n) is 14.4. The lowest BCUT2D eigenvalue weighted by atomic mass is 10.2. The first-order valence-corrected chi connectivity index (χ1v) is 9.81. The number of fused-ring (bicyclic) bond motifs is 1. The zero-order chi connectivity index (χ0) is 17.2. The van der Waals surface area contributed by atoms with Crippen LogP contribution in [0.5, 0.6) is 0 Å². The molecule has 6 heteroatoms. The van der Waals surface area contributed by atoms with Crippen LogP contribution < -0.4 is 0 Å². The normalized spacial score (nSPS) is 17.5. The Labute approximate surface area is 151 Å². The van der Waals surface area contributed by atoms with Crippen LogP contribution in [0.1, 0.15) is 37.2 Å². The molecular weight excluding hydrogens is 332 g/mol. The molecule has 4 rings (SSSR count). The van der Waals surface area contributed by atoms with E-state index in [4.69, 9.17) is 4.98 Å². The Bertz CT molecular complexity index is 871.